The summed E-state index contributed by atoms with van der Waals surface area (Å²) < 4.78 is 11.1. The number of para-hydroxylation sites is 1. The molecule has 0 unspecified atom stereocenters. The molecule has 0 saturated carbocycles. The maximum Gasteiger partial charge on any atom is 0.347 e. The van der Waals surface area contributed by atoms with E-state index in [4.69, 9.17) is 8.83 Å². The van der Waals surface area contributed by atoms with Crippen molar-refractivity contribution in [2.24, 2.45) is 0 Å². The molecular formula is C32H27NO6. The van der Waals surface area contributed by atoms with E-state index >= 15 is 0 Å². The topological polar surface area (TPSA) is 101 Å². The first-order valence-electron chi connectivity index (χ1n) is 13.1. The molecule has 2 aliphatic heterocycles. The zero-order chi connectivity index (χ0) is 27.1. The van der Waals surface area contributed by atoms with Crippen molar-refractivity contribution in [2.45, 2.75) is 32.6 Å². The Bertz CT molecular complexity index is 1850. The Labute approximate surface area is 223 Å². The van der Waals surface area contributed by atoms with Crippen LogP contribution in [0.25, 0.3) is 33.3 Å². The molecule has 7 heteroatoms. The van der Waals surface area contributed by atoms with Gasteiger partial charge in [0, 0.05) is 35.3 Å². The van der Waals surface area contributed by atoms with E-state index in [1.807, 2.05) is 18.2 Å². The molecule has 0 atom stereocenters. The molecule has 0 spiro atoms. The summed E-state index contributed by atoms with van der Waals surface area (Å²) in [5.74, 6) is -0.377. The molecule has 1 N–H and O–H groups in total. The van der Waals surface area contributed by atoms with Gasteiger partial charge in [0.1, 0.15) is 16.7 Å². The van der Waals surface area contributed by atoms with Gasteiger partial charge in [-0.3, -0.25) is 9.59 Å². The van der Waals surface area contributed by atoms with Crippen LogP contribution < -0.4 is 16.0 Å². The Hall–Kier alpha value is -4.65. The fourth-order valence-corrected chi connectivity index (χ4v) is 5.61. The molecule has 4 heterocycles. The third-order valence-electron chi connectivity index (χ3n) is 7.40. The summed E-state index contributed by atoms with van der Waals surface area (Å²) in [4.78, 5) is 38.0. The van der Waals surface area contributed by atoms with Crippen molar-refractivity contribution in [3.05, 3.63) is 104 Å². The van der Waals surface area contributed by atoms with Crippen molar-refractivity contribution in [1.82, 2.24) is 0 Å². The Morgan fingerprint density at radius 2 is 1.62 bits per heavy atom. The first-order valence-corrected chi connectivity index (χ1v) is 13.1. The lowest BCUT2D eigenvalue weighted by Gasteiger charge is -2.37. The zero-order valence-corrected chi connectivity index (χ0v) is 21.5. The number of aromatic hydroxyl groups is 1. The smallest absolute Gasteiger partial charge is 0.347 e. The number of rotatable bonds is 2. The number of hydrogen-bond donors (Lipinski definition) is 1. The van der Waals surface area contributed by atoms with Crippen molar-refractivity contribution >= 4 is 33.4 Å². The molecule has 0 aliphatic carbocycles. The van der Waals surface area contributed by atoms with Gasteiger partial charge < -0.3 is 18.8 Å². The number of Topliss-reactive ketones (excluding diaryl/α,β-unsaturated/α-hetero) is 1. The number of benzene rings is 3. The number of carbonyl (C=O) groups is 1. The third-order valence-corrected chi connectivity index (χ3v) is 7.40. The summed E-state index contributed by atoms with van der Waals surface area (Å²) in [7, 11) is 0. The van der Waals surface area contributed by atoms with E-state index in [1.165, 1.54) is 18.2 Å². The molecule has 2 aromatic heterocycles. The van der Waals surface area contributed by atoms with Crippen LogP contribution in [0.15, 0.2) is 85.2 Å². The highest BCUT2D eigenvalue weighted by atomic mass is 16.4. The van der Waals surface area contributed by atoms with Crippen LogP contribution >= 0.6 is 0 Å². The number of hydrogen-bond acceptors (Lipinski definition) is 7. The van der Waals surface area contributed by atoms with Crippen molar-refractivity contribution in [1.29, 1.82) is 0 Å². The van der Waals surface area contributed by atoms with Crippen LogP contribution in [-0.2, 0) is 12.8 Å². The average Bonchev–Trinajstić information content (AvgIpc) is 2.96. The fourth-order valence-electron chi connectivity index (χ4n) is 5.61. The fraction of sp³-hybridized carbons (Fsp3) is 0.219. The van der Waals surface area contributed by atoms with Gasteiger partial charge in [-0.25, -0.2) is 4.79 Å². The number of nitrogens with zero attached hydrogens (tertiary/aromatic N) is 1. The lowest BCUT2D eigenvalue weighted by Crippen LogP contribution is -2.34. The Kier molecular flexibility index (Phi) is 6.27. The van der Waals surface area contributed by atoms with E-state index < -0.39 is 11.1 Å². The van der Waals surface area contributed by atoms with Gasteiger partial charge in [0.2, 0.25) is 11.2 Å². The standard InChI is InChI=1S/C17H17NO3.C15H10O3/c1-10(19)14-9-12-8-11-4-2-6-18-7-3-5-13(15(11)18)16(12)21-17(14)20;16-13-11-8-4-5-9-12(11)18-15(14(13)17)10-6-2-1-3-7-10/h8-9H,2-7H2,1H3;1-9,17H. The molecule has 3 aromatic carbocycles. The number of fused-ring (bicyclic) bond motifs is 3. The highest BCUT2D eigenvalue weighted by Crippen LogP contribution is 2.39. The van der Waals surface area contributed by atoms with Crippen LogP contribution in [0.3, 0.4) is 0 Å². The molecule has 0 bridgehead atoms. The van der Waals surface area contributed by atoms with E-state index in [0.29, 0.717) is 22.1 Å². The van der Waals surface area contributed by atoms with E-state index in [9.17, 15) is 19.5 Å². The monoisotopic (exact) mass is 521 g/mol. The first kappa shape index (κ1) is 24.7. The predicted molar refractivity (Wildman–Crippen MR) is 151 cm³/mol. The van der Waals surface area contributed by atoms with Gasteiger partial charge in [-0.15, -0.1) is 0 Å². The van der Waals surface area contributed by atoms with Crippen molar-refractivity contribution < 1.29 is 18.7 Å². The van der Waals surface area contributed by atoms with E-state index in [2.05, 4.69) is 11.0 Å². The molecule has 196 valence electrons. The van der Waals surface area contributed by atoms with Gasteiger partial charge in [0.15, 0.2) is 11.5 Å². The number of anilines is 1. The minimum Gasteiger partial charge on any atom is -0.502 e. The lowest BCUT2D eigenvalue weighted by molar-refractivity contribution is 0.101. The molecule has 39 heavy (non-hydrogen) atoms. The summed E-state index contributed by atoms with van der Waals surface area (Å²) in [6, 6.07) is 19.7. The summed E-state index contributed by atoms with van der Waals surface area (Å²) in [6.07, 6.45) is 4.25. The summed E-state index contributed by atoms with van der Waals surface area (Å²) in [6.45, 7) is 3.57. The second-order valence-electron chi connectivity index (χ2n) is 9.95. The van der Waals surface area contributed by atoms with Crippen LogP contribution in [0.1, 0.15) is 41.3 Å². The Balaban J connectivity index is 0.000000144. The predicted octanol–water partition coefficient (Wildman–Crippen LogP) is 5.86. The molecule has 7 rings (SSSR count). The minimum absolute atomic E-state index is 0.151. The number of ketones is 1. The Morgan fingerprint density at radius 1 is 0.897 bits per heavy atom. The zero-order valence-electron chi connectivity index (χ0n) is 21.5. The van der Waals surface area contributed by atoms with E-state index in [0.717, 1.165) is 49.7 Å². The van der Waals surface area contributed by atoms with E-state index in [1.54, 1.807) is 42.5 Å². The highest BCUT2D eigenvalue weighted by molar-refractivity contribution is 5.98. The largest absolute Gasteiger partial charge is 0.502 e. The SMILES string of the molecule is CC(=O)c1cc2cc3c4c(c2oc1=O)CCCN4CCC3.O=c1c(O)c(-c2ccccc2)oc2ccccc12. The van der Waals surface area contributed by atoms with Crippen molar-refractivity contribution in [3.8, 4) is 17.1 Å². The third kappa shape index (κ3) is 4.40. The quantitative estimate of drug-likeness (QED) is 0.229. The summed E-state index contributed by atoms with van der Waals surface area (Å²) >= 11 is 0. The van der Waals surface area contributed by atoms with Crippen molar-refractivity contribution in [3.63, 3.8) is 0 Å². The minimum atomic E-state index is -0.515. The van der Waals surface area contributed by atoms with Crippen LogP contribution in [0, 0.1) is 0 Å². The van der Waals surface area contributed by atoms with Crippen molar-refractivity contribution in [2.75, 3.05) is 18.0 Å². The van der Waals surface area contributed by atoms with Gasteiger partial charge in [-0.1, -0.05) is 42.5 Å². The normalized spacial score (nSPS) is 14.0. The van der Waals surface area contributed by atoms with Gasteiger partial charge >= 0.3 is 5.63 Å². The molecule has 0 amide bonds. The van der Waals surface area contributed by atoms with Crippen LogP contribution in [0.4, 0.5) is 5.69 Å². The molecule has 7 nitrogen and oxygen atoms in total. The number of aryl methyl sites for hydroxylation is 2. The molecule has 0 radical (unpaired) electrons. The van der Waals surface area contributed by atoms with Crippen LogP contribution in [0.2, 0.25) is 0 Å². The molecule has 5 aromatic rings. The van der Waals surface area contributed by atoms with Gasteiger partial charge in [0.25, 0.3) is 0 Å². The van der Waals surface area contributed by atoms with Gasteiger partial charge in [-0.05, 0) is 62.4 Å². The molecule has 0 saturated heterocycles. The first-order chi connectivity index (χ1) is 18.9. The maximum absolute atomic E-state index is 12.0. The molecule has 0 fully saturated rings. The van der Waals surface area contributed by atoms with Crippen LogP contribution in [-0.4, -0.2) is 24.0 Å². The maximum atomic E-state index is 12.0. The average molecular weight is 522 g/mol. The summed E-state index contributed by atoms with van der Waals surface area (Å²) in [5, 5.41) is 11.2. The summed E-state index contributed by atoms with van der Waals surface area (Å²) in [5.41, 5.74) is 4.81. The van der Waals surface area contributed by atoms with Gasteiger partial charge in [0.05, 0.1) is 5.39 Å². The molecule has 2 aliphatic rings. The second-order valence-corrected chi connectivity index (χ2v) is 9.95. The second kappa shape index (κ2) is 9.91. The van der Waals surface area contributed by atoms with E-state index in [-0.39, 0.29) is 22.9 Å². The Morgan fingerprint density at radius 3 is 2.38 bits per heavy atom. The van der Waals surface area contributed by atoms with Gasteiger partial charge in [-0.2, -0.15) is 0 Å². The number of carbonyl (C=O) groups excluding carboxylic acids is 1. The highest BCUT2D eigenvalue weighted by Gasteiger charge is 2.27. The molecular weight excluding hydrogens is 494 g/mol. The lowest BCUT2D eigenvalue weighted by atomic mass is 9.90. The van der Waals surface area contributed by atoms with Crippen LogP contribution in [0.5, 0.6) is 5.75 Å².